The number of nitrogens with two attached hydrogens (primary N) is 1. The lowest BCUT2D eigenvalue weighted by Crippen LogP contribution is -2.58. The summed E-state index contributed by atoms with van der Waals surface area (Å²) in [6.07, 6.45) is 1.83. The van der Waals surface area contributed by atoms with Gasteiger partial charge in [-0.1, -0.05) is 13.8 Å². The number of piperidine rings is 1. The molecule has 2 aliphatic heterocycles. The first kappa shape index (κ1) is 18.1. The highest BCUT2D eigenvalue weighted by Gasteiger charge is 2.43. The Morgan fingerprint density at radius 2 is 1.82 bits per heavy atom. The van der Waals surface area contributed by atoms with Crippen molar-refractivity contribution in [2.75, 3.05) is 32.8 Å². The molecule has 3 N–H and O–H groups in total. The molecule has 2 saturated heterocycles. The molecule has 0 saturated carbocycles. The third-order valence-electron chi connectivity index (χ3n) is 4.32. The Bertz CT molecular complexity index is 466. The molecule has 0 aromatic carbocycles. The number of nitrogens with zero attached hydrogens (tertiary/aromatic N) is 1. The number of ether oxygens (including phenoxy) is 2. The molecular weight excluding hydrogens is 306 g/mol. The summed E-state index contributed by atoms with van der Waals surface area (Å²) in [6, 6.07) is 0. The van der Waals surface area contributed by atoms with E-state index in [1.54, 1.807) is 0 Å². The van der Waals surface area contributed by atoms with Gasteiger partial charge in [-0.25, -0.2) is 0 Å². The van der Waals surface area contributed by atoms with Crippen LogP contribution < -0.4 is 10.5 Å². The minimum absolute atomic E-state index is 0.272. The highest BCUT2D eigenvalue weighted by molar-refractivity contribution is 7.87. The van der Waals surface area contributed by atoms with Gasteiger partial charge in [-0.05, 0) is 19.3 Å². The fraction of sp³-hybridized carbons (Fsp3) is 1.00. The van der Waals surface area contributed by atoms with Gasteiger partial charge in [0.1, 0.15) is 0 Å². The third kappa shape index (κ3) is 4.18. The van der Waals surface area contributed by atoms with Crippen LogP contribution in [0, 0.1) is 5.92 Å². The average molecular weight is 335 g/mol. The van der Waals surface area contributed by atoms with Crippen molar-refractivity contribution in [3.63, 3.8) is 0 Å². The van der Waals surface area contributed by atoms with Gasteiger partial charge in [-0.2, -0.15) is 17.4 Å². The molecule has 2 rings (SSSR count). The fourth-order valence-corrected chi connectivity index (χ4v) is 4.88. The van der Waals surface area contributed by atoms with Gasteiger partial charge in [-0.3, -0.25) is 0 Å². The molecule has 1 unspecified atom stereocenters. The van der Waals surface area contributed by atoms with E-state index in [0.717, 1.165) is 0 Å². The third-order valence-corrected chi connectivity index (χ3v) is 6.12. The maximum absolute atomic E-state index is 12.6. The number of nitrogens with one attached hydrogen (secondary N) is 1. The Hall–Kier alpha value is -0.250. The van der Waals surface area contributed by atoms with E-state index in [4.69, 9.17) is 15.2 Å². The molecule has 8 heteroatoms. The van der Waals surface area contributed by atoms with E-state index in [2.05, 4.69) is 18.6 Å². The van der Waals surface area contributed by atoms with Gasteiger partial charge in [0.15, 0.2) is 5.79 Å². The van der Waals surface area contributed by atoms with Crippen molar-refractivity contribution in [2.24, 2.45) is 11.7 Å². The zero-order valence-electron chi connectivity index (χ0n) is 13.8. The largest absolute Gasteiger partial charge is 0.347 e. The summed E-state index contributed by atoms with van der Waals surface area (Å²) in [5.41, 5.74) is 5.18. The van der Waals surface area contributed by atoms with Gasteiger partial charge in [0.2, 0.25) is 0 Å². The number of rotatable bonds is 6. The summed E-state index contributed by atoms with van der Waals surface area (Å²) in [4.78, 5) is 0. The first-order valence-electron chi connectivity index (χ1n) is 7.97. The highest BCUT2D eigenvalue weighted by Crippen LogP contribution is 2.32. The first-order valence-corrected chi connectivity index (χ1v) is 9.41. The molecule has 0 aliphatic carbocycles. The molecular formula is C14H29N3O4S. The molecule has 7 nitrogen and oxygen atoms in total. The Balaban J connectivity index is 1.98. The second-order valence-electron chi connectivity index (χ2n) is 6.98. The lowest BCUT2D eigenvalue weighted by Gasteiger charge is -2.39. The van der Waals surface area contributed by atoms with Crippen LogP contribution in [0.15, 0.2) is 0 Å². The summed E-state index contributed by atoms with van der Waals surface area (Å²) in [5.74, 6) is -0.206. The van der Waals surface area contributed by atoms with Crippen LogP contribution in [0.5, 0.6) is 0 Å². The van der Waals surface area contributed by atoms with Gasteiger partial charge >= 0.3 is 0 Å². The van der Waals surface area contributed by atoms with Crippen molar-refractivity contribution in [1.82, 2.24) is 9.03 Å². The smallest absolute Gasteiger partial charge is 0.279 e. The Labute approximate surface area is 133 Å². The van der Waals surface area contributed by atoms with Crippen LogP contribution in [0.3, 0.4) is 0 Å². The van der Waals surface area contributed by atoms with Crippen LogP contribution in [0.1, 0.15) is 40.0 Å². The molecule has 1 spiro atoms. The van der Waals surface area contributed by atoms with Gasteiger partial charge in [-0.15, -0.1) is 0 Å². The van der Waals surface area contributed by atoms with Crippen molar-refractivity contribution >= 4 is 10.2 Å². The minimum atomic E-state index is -3.55. The summed E-state index contributed by atoms with van der Waals surface area (Å²) >= 11 is 0. The van der Waals surface area contributed by atoms with Crippen LogP contribution in [0.2, 0.25) is 0 Å². The monoisotopic (exact) mass is 335 g/mol. The fourth-order valence-electron chi connectivity index (χ4n) is 3.30. The van der Waals surface area contributed by atoms with Crippen molar-refractivity contribution in [3.8, 4) is 0 Å². The first-order chi connectivity index (χ1) is 10.2. The SMILES string of the molecule is CC(C)CC(C)(CN)NS(=O)(=O)N1CCC2(CC1)OCCO2. The van der Waals surface area contributed by atoms with Gasteiger partial charge in [0.25, 0.3) is 10.2 Å². The molecule has 2 heterocycles. The van der Waals surface area contributed by atoms with E-state index in [1.807, 2.05) is 6.92 Å². The standard InChI is InChI=1S/C14H29N3O4S/c1-12(2)10-13(3,11-15)16-22(18,19)17-6-4-14(5-7-17)20-8-9-21-14/h12,16H,4-11,15H2,1-3H3. The number of hydrogen-bond acceptors (Lipinski definition) is 5. The van der Waals surface area contributed by atoms with Crippen LogP contribution in [-0.2, 0) is 19.7 Å². The molecule has 0 aromatic heterocycles. The Kier molecular flexibility index (Phi) is 5.51. The average Bonchev–Trinajstić information content (AvgIpc) is 2.86. The topological polar surface area (TPSA) is 93.9 Å². The summed E-state index contributed by atoms with van der Waals surface area (Å²) < 4.78 is 40.8. The molecule has 0 aromatic rings. The van der Waals surface area contributed by atoms with Crippen molar-refractivity contribution in [1.29, 1.82) is 0 Å². The highest BCUT2D eigenvalue weighted by atomic mass is 32.2. The van der Waals surface area contributed by atoms with E-state index in [9.17, 15) is 8.42 Å². The maximum Gasteiger partial charge on any atom is 0.279 e. The van der Waals surface area contributed by atoms with E-state index in [1.165, 1.54) is 4.31 Å². The summed E-state index contributed by atoms with van der Waals surface area (Å²) in [6.45, 7) is 8.22. The predicted octanol–water partition coefficient (Wildman–Crippen LogP) is 0.423. The summed E-state index contributed by atoms with van der Waals surface area (Å²) in [7, 11) is -3.55. The van der Waals surface area contributed by atoms with Crippen LogP contribution in [0.4, 0.5) is 0 Å². The minimum Gasteiger partial charge on any atom is -0.347 e. The van der Waals surface area contributed by atoms with Crippen LogP contribution in [0.25, 0.3) is 0 Å². The lowest BCUT2D eigenvalue weighted by molar-refractivity contribution is -0.179. The molecule has 2 aliphatic rings. The Morgan fingerprint density at radius 1 is 1.27 bits per heavy atom. The molecule has 0 radical (unpaired) electrons. The van der Waals surface area contributed by atoms with E-state index < -0.39 is 21.5 Å². The quantitative estimate of drug-likeness (QED) is 0.734. The maximum atomic E-state index is 12.6. The van der Waals surface area contributed by atoms with Gasteiger partial charge in [0, 0.05) is 38.0 Å². The molecule has 0 amide bonds. The number of hydrogen-bond donors (Lipinski definition) is 2. The van der Waals surface area contributed by atoms with E-state index in [0.29, 0.717) is 51.5 Å². The zero-order chi connectivity index (χ0) is 16.4. The molecule has 2 fully saturated rings. The molecule has 0 bridgehead atoms. The van der Waals surface area contributed by atoms with Crippen molar-refractivity contribution in [2.45, 2.75) is 51.4 Å². The van der Waals surface area contributed by atoms with Crippen molar-refractivity contribution < 1.29 is 17.9 Å². The van der Waals surface area contributed by atoms with Gasteiger partial charge in [0.05, 0.1) is 13.2 Å². The van der Waals surface area contributed by atoms with Crippen molar-refractivity contribution in [3.05, 3.63) is 0 Å². The zero-order valence-corrected chi connectivity index (χ0v) is 14.6. The summed E-state index contributed by atoms with van der Waals surface area (Å²) in [5, 5.41) is 0. The second-order valence-corrected chi connectivity index (χ2v) is 8.65. The molecule has 130 valence electrons. The Morgan fingerprint density at radius 3 is 2.27 bits per heavy atom. The normalized spacial score (nSPS) is 25.7. The van der Waals surface area contributed by atoms with E-state index >= 15 is 0 Å². The molecule has 1 atom stereocenters. The van der Waals surface area contributed by atoms with Crippen LogP contribution >= 0.6 is 0 Å². The second kappa shape index (κ2) is 6.70. The predicted molar refractivity (Wildman–Crippen MR) is 84.4 cm³/mol. The van der Waals surface area contributed by atoms with Crippen LogP contribution in [-0.4, -0.2) is 56.9 Å². The molecule has 22 heavy (non-hydrogen) atoms. The lowest BCUT2D eigenvalue weighted by atomic mass is 9.92. The van der Waals surface area contributed by atoms with Gasteiger partial charge < -0.3 is 15.2 Å². The van der Waals surface area contributed by atoms with E-state index in [-0.39, 0.29) is 6.54 Å².